The van der Waals surface area contributed by atoms with Gasteiger partial charge < -0.3 is 18.7 Å². The summed E-state index contributed by atoms with van der Waals surface area (Å²) in [7, 11) is 5.80. The molecule has 0 aliphatic carbocycles. The van der Waals surface area contributed by atoms with Gasteiger partial charge in [-0.1, -0.05) is 141 Å². The second kappa shape index (κ2) is 34.9. The van der Waals surface area contributed by atoms with Gasteiger partial charge in [0.05, 0.1) is 21.1 Å². The molecule has 0 amide bonds. The number of likely N-dealkylation sites (N-methyl/N-ethyl adjacent to an activating group) is 1. The van der Waals surface area contributed by atoms with Gasteiger partial charge in [-0.2, -0.15) is 0 Å². The molecular formula is C44H82NO6+. The molecule has 7 heteroatoms. The van der Waals surface area contributed by atoms with Crippen molar-refractivity contribution in [2.75, 3.05) is 41.0 Å². The van der Waals surface area contributed by atoms with Gasteiger partial charge in [0.1, 0.15) is 0 Å². The van der Waals surface area contributed by atoms with Crippen molar-refractivity contribution in [2.45, 2.75) is 199 Å². The zero-order valence-corrected chi connectivity index (χ0v) is 34.2. The van der Waals surface area contributed by atoms with Crippen LogP contribution in [0.25, 0.3) is 0 Å². The third-order valence-electron chi connectivity index (χ3n) is 10.1. The van der Waals surface area contributed by atoms with Crippen LogP contribution in [0.3, 0.4) is 0 Å². The summed E-state index contributed by atoms with van der Waals surface area (Å²) in [6, 6.07) is 0. The number of carbonyl (C=O) groups excluding carboxylic acids is 3. The highest BCUT2D eigenvalue weighted by Crippen LogP contribution is 2.23. The van der Waals surface area contributed by atoms with Gasteiger partial charge in [-0.05, 0) is 64.2 Å². The van der Waals surface area contributed by atoms with Crippen molar-refractivity contribution in [1.29, 1.82) is 0 Å². The highest BCUT2D eigenvalue weighted by atomic mass is 16.6. The van der Waals surface area contributed by atoms with Gasteiger partial charge >= 0.3 is 11.9 Å². The normalized spacial score (nSPS) is 12.2. The number of hydrogen-bond donors (Lipinski definition) is 0. The zero-order valence-electron chi connectivity index (χ0n) is 34.2. The molecule has 0 fully saturated rings. The Bertz CT molecular complexity index is 821. The van der Waals surface area contributed by atoms with E-state index in [0.29, 0.717) is 23.8 Å². The molecule has 0 aliphatic heterocycles. The van der Waals surface area contributed by atoms with E-state index in [9.17, 15) is 14.4 Å². The largest absolute Gasteiger partial charge is 0.461 e. The maximum absolute atomic E-state index is 12.7. The molecule has 298 valence electrons. The maximum Gasteiger partial charge on any atom is 0.306 e. The number of nitrogens with zero attached hydrogens (tertiary/aromatic N) is 1. The van der Waals surface area contributed by atoms with E-state index >= 15 is 0 Å². The molecule has 0 heterocycles. The molecule has 51 heavy (non-hydrogen) atoms. The Morgan fingerprint density at radius 2 is 0.784 bits per heavy atom. The lowest BCUT2D eigenvalue weighted by molar-refractivity contribution is -0.925. The Balaban J connectivity index is 4.26. The van der Waals surface area contributed by atoms with E-state index < -0.39 is 5.54 Å². The van der Waals surface area contributed by atoms with Crippen LogP contribution in [0.1, 0.15) is 194 Å². The van der Waals surface area contributed by atoms with E-state index in [1.165, 1.54) is 116 Å². The predicted molar refractivity (Wildman–Crippen MR) is 214 cm³/mol. The molecule has 0 saturated carbocycles. The minimum atomic E-state index is -0.891. The van der Waals surface area contributed by atoms with Crippen LogP contribution < -0.4 is 0 Å². The average Bonchev–Trinajstić information content (AvgIpc) is 3.10. The summed E-state index contributed by atoms with van der Waals surface area (Å²) >= 11 is 0. The number of hydrogen-bond acceptors (Lipinski definition) is 6. The fraction of sp³-hybridized carbons (Fsp3) is 0.841. The maximum atomic E-state index is 12.7. The lowest BCUT2D eigenvalue weighted by Gasteiger charge is -2.44. The first-order valence-corrected chi connectivity index (χ1v) is 21.2. The Hall–Kier alpha value is -2.15. The van der Waals surface area contributed by atoms with Gasteiger partial charge in [0.15, 0.2) is 19.8 Å². The Morgan fingerprint density at radius 1 is 0.471 bits per heavy atom. The van der Waals surface area contributed by atoms with E-state index in [2.05, 4.69) is 38.2 Å². The number of rotatable bonds is 38. The van der Waals surface area contributed by atoms with E-state index in [1.807, 2.05) is 21.1 Å². The molecule has 7 nitrogen and oxygen atoms in total. The summed E-state index contributed by atoms with van der Waals surface area (Å²) in [4.78, 5) is 36.5. The highest BCUT2D eigenvalue weighted by Gasteiger charge is 2.47. The van der Waals surface area contributed by atoms with Crippen LogP contribution in [0.4, 0.5) is 0 Å². The topological polar surface area (TPSA) is 78.9 Å². The van der Waals surface area contributed by atoms with Crippen LogP contribution >= 0.6 is 0 Å². The Kier molecular flexibility index (Phi) is 33.4. The molecule has 0 aromatic carbocycles. The van der Waals surface area contributed by atoms with Gasteiger partial charge in [-0.25, -0.2) is 0 Å². The SMILES string of the molecule is CCCCCCCC/C=C\CCCCCCCC(=O)OCC(COC=O)(COC(=O)CCCCCCC/C=C\CCCCCCCC)[N+](C)(C)C. The van der Waals surface area contributed by atoms with Gasteiger partial charge in [0, 0.05) is 12.8 Å². The van der Waals surface area contributed by atoms with Gasteiger partial charge in [-0.3, -0.25) is 14.4 Å². The van der Waals surface area contributed by atoms with Crippen molar-refractivity contribution in [3.8, 4) is 0 Å². The second-order valence-electron chi connectivity index (χ2n) is 15.6. The second-order valence-corrected chi connectivity index (χ2v) is 15.6. The highest BCUT2D eigenvalue weighted by molar-refractivity contribution is 5.70. The van der Waals surface area contributed by atoms with Crippen molar-refractivity contribution in [2.24, 2.45) is 0 Å². The fourth-order valence-corrected chi connectivity index (χ4v) is 6.15. The standard InChI is InChI=1S/C44H82NO6/c1-6-8-10-12-14-16-18-20-22-24-26-28-30-32-34-36-42(47)50-39-44(38-49-41-46,45(3,4)5)40-51-43(48)37-35-33-31-29-27-25-23-21-19-17-15-13-11-9-7-2/h20-23,41H,6-19,24-40H2,1-5H3/q+1/b22-20-,23-21-. The molecule has 0 N–H and O–H groups in total. The predicted octanol–water partition coefficient (Wildman–Crippen LogP) is 11.8. The van der Waals surface area contributed by atoms with Crippen LogP contribution in [-0.2, 0) is 28.6 Å². The van der Waals surface area contributed by atoms with Crippen LogP contribution in [0, 0.1) is 0 Å². The van der Waals surface area contributed by atoms with Crippen molar-refractivity contribution >= 4 is 18.4 Å². The molecule has 0 bridgehead atoms. The van der Waals surface area contributed by atoms with Crippen molar-refractivity contribution in [3.05, 3.63) is 24.3 Å². The van der Waals surface area contributed by atoms with Crippen molar-refractivity contribution in [1.82, 2.24) is 0 Å². The quantitative estimate of drug-likeness (QED) is 0.0158. The number of ether oxygens (including phenoxy) is 3. The monoisotopic (exact) mass is 721 g/mol. The lowest BCUT2D eigenvalue weighted by atomic mass is 9.99. The lowest BCUT2D eigenvalue weighted by Crippen LogP contribution is -2.65. The van der Waals surface area contributed by atoms with Gasteiger partial charge in [0.25, 0.3) is 6.47 Å². The number of unbranched alkanes of at least 4 members (excludes halogenated alkanes) is 22. The van der Waals surface area contributed by atoms with E-state index in [0.717, 1.165) is 51.4 Å². The molecule has 0 rings (SSSR count). The molecule has 0 aliphatic rings. The minimum absolute atomic E-state index is 0.00886. The first kappa shape index (κ1) is 48.9. The van der Waals surface area contributed by atoms with E-state index in [4.69, 9.17) is 14.2 Å². The van der Waals surface area contributed by atoms with Crippen LogP contribution in [-0.4, -0.2) is 69.4 Å². The average molecular weight is 721 g/mol. The van der Waals surface area contributed by atoms with Gasteiger partial charge in [0.2, 0.25) is 5.54 Å². The third-order valence-corrected chi connectivity index (χ3v) is 10.1. The number of quaternary nitrogens is 1. The first-order valence-electron chi connectivity index (χ1n) is 21.2. The number of esters is 2. The summed E-state index contributed by atoms with van der Waals surface area (Å²) in [5.74, 6) is -0.535. The Labute approximate surface area is 315 Å². The van der Waals surface area contributed by atoms with Crippen LogP contribution in [0.5, 0.6) is 0 Å². The summed E-state index contributed by atoms with van der Waals surface area (Å²) in [6.45, 7) is 4.91. The molecule has 0 spiro atoms. The van der Waals surface area contributed by atoms with Crippen molar-refractivity contribution in [3.63, 3.8) is 0 Å². The number of carbonyl (C=O) groups is 3. The van der Waals surface area contributed by atoms with Crippen molar-refractivity contribution < 1.29 is 33.1 Å². The van der Waals surface area contributed by atoms with Crippen LogP contribution in [0.15, 0.2) is 24.3 Å². The number of allylic oxidation sites excluding steroid dienone is 4. The molecule has 0 unspecified atom stereocenters. The molecule has 0 saturated heterocycles. The first-order chi connectivity index (χ1) is 24.7. The molecule has 0 atom stereocenters. The third kappa shape index (κ3) is 30.1. The Morgan fingerprint density at radius 3 is 1.10 bits per heavy atom. The van der Waals surface area contributed by atoms with Gasteiger partial charge in [-0.15, -0.1) is 0 Å². The van der Waals surface area contributed by atoms with Crippen LogP contribution in [0.2, 0.25) is 0 Å². The van der Waals surface area contributed by atoms with E-state index in [1.54, 1.807) is 0 Å². The summed E-state index contributed by atoms with van der Waals surface area (Å²) in [6.07, 6.45) is 41.4. The molecule has 0 aromatic heterocycles. The van der Waals surface area contributed by atoms with E-state index in [-0.39, 0.29) is 31.8 Å². The molecule has 0 radical (unpaired) electrons. The summed E-state index contributed by atoms with van der Waals surface area (Å²) in [5.41, 5.74) is -0.891. The zero-order chi connectivity index (χ0) is 37.7. The fourth-order valence-electron chi connectivity index (χ4n) is 6.15. The molecule has 0 aromatic rings. The minimum Gasteiger partial charge on any atom is -0.461 e. The molecular weight excluding hydrogens is 638 g/mol. The summed E-state index contributed by atoms with van der Waals surface area (Å²) < 4.78 is 16.9. The summed E-state index contributed by atoms with van der Waals surface area (Å²) in [5, 5.41) is 0. The smallest absolute Gasteiger partial charge is 0.306 e.